The molecule has 7 heteroatoms. The second kappa shape index (κ2) is 5.20. The van der Waals surface area contributed by atoms with Gasteiger partial charge in [0.1, 0.15) is 5.69 Å². The van der Waals surface area contributed by atoms with Crippen molar-refractivity contribution in [3.8, 4) is 0 Å². The molecule has 1 aliphatic rings. The van der Waals surface area contributed by atoms with E-state index in [1.165, 1.54) is 0 Å². The highest BCUT2D eigenvalue weighted by Gasteiger charge is 2.23. The highest BCUT2D eigenvalue weighted by molar-refractivity contribution is 5.93. The minimum atomic E-state index is -0.0182. The number of nitrogen functional groups attached to an aromatic ring is 1. The molecule has 104 valence electrons. The van der Waals surface area contributed by atoms with Crippen LogP contribution in [-0.4, -0.2) is 51.9 Å². The number of anilines is 2. The Balaban J connectivity index is 1.63. The first-order chi connectivity index (χ1) is 9.74. The van der Waals surface area contributed by atoms with Gasteiger partial charge in [-0.25, -0.2) is 9.97 Å². The molecule has 20 heavy (non-hydrogen) atoms. The lowest BCUT2D eigenvalue weighted by molar-refractivity contribution is 0.0741. The van der Waals surface area contributed by atoms with Crippen molar-refractivity contribution in [2.45, 2.75) is 0 Å². The highest BCUT2D eigenvalue weighted by atomic mass is 16.2. The Bertz CT molecular complexity index is 588. The van der Waals surface area contributed by atoms with Crippen LogP contribution in [0.4, 0.5) is 11.6 Å². The zero-order valence-corrected chi connectivity index (χ0v) is 11.0. The van der Waals surface area contributed by atoms with E-state index in [1.807, 2.05) is 4.90 Å². The molecule has 0 atom stereocenters. The van der Waals surface area contributed by atoms with E-state index >= 15 is 0 Å². The monoisotopic (exact) mass is 272 g/mol. The van der Waals surface area contributed by atoms with Crippen LogP contribution in [0.15, 0.2) is 30.7 Å². The van der Waals surface area contributed by atoms with E-state index in [0.29, 0.717) is 30.4 Å². The number of nitrogens with zero attached hydrogens (tertiary/aromatic N) is 4. The van der Waals surface area contributed by atoms with Gasteiger partial charge < -0.3 is 20.5 Å². The zero-order valence-electron chi connectivity index (χ0n) is 11.0. The fraction of sp³-hybridized carbons (Fsp3) is 0.308. The van der Waals surface area contributed by atoms with Crippen LogP contribution in [0, 0.1) is 0 Å². The summed E-state index contributed by atoms with van der Waals surface area (Å²) in [5.74, 6) is 0.694. The van der Waals surface area contributed by atoms with Crippen LogP contribution in [0.25, 0.3) is 0 Å². The molecule has 0 bridgehead atoms. The van der Waals surface area contributed by atoms with Crippen molar-refractivity contribution in [3.05, 3.63) is 36.4 Å². The number of H-pyrrole nitrogens is 1. The van der Waals surface area contributed by atoms with E-state index in [0.717, 1.165) is 13.1 Å². The summed E-state index contributed by atoms with van der Waals surface area (Å²) in [5.41, 5.74) is 6.73. The van der Waals surface area contributed by atoms with Gasteiger partial charge >= 0.3 is 0 Å². The summed E-state index contributed by atoms with van der Waals surface area (Å²) in [6, 6.07) is 3.45. The summed E-state index contributed by atoms with van der Waals surface area (Å²) in [7, 11) is 0. The van der Waals surface area contributed by atoms with Crippen molar-refractivity contribution >= 4 is 17.5 Å². The summed E-state index contributed by atoms with van der Waals surface area (Å²) in [4.78, 5) is 27.5. The lowest BCUT2D eigenvalue weighted by atomic mass is 10.3. The molecule has 1 aliphatic heterocycles. The van der Waals surface area contributed by atoms with Crippen molar-refractivity contribution in [3.63, 3.8) is 0 Å². The van der Waals surface area contributed by atoms with Gasteiger partial charge in [-0.05, 0) is 12.1 Å². The molecule has 0 saturated carbocycles. The summed E-state index contributed by atoms with van der Waals surface area (Å²) in [5, 5.41) is 0. The van der Waals surface area contributed by atoms with Crippen LogP contribution in [0.2, 0.25) is 0 Å². The molecular formula is C13H16N6O. The Morgan fingerprint density at radius 2 is 1.90 bits per heavy atom. The molecule has 0 aromatic carbocycles. The predicted molar refractivity (Wildman–Crippen MR) is 75.4 cm³/mol. The number of rotatable bonds is 2. The van der Waals surface area contributed by atoms with Crippen LogP contribution in [0.3, 0.4) is 0 Å². The quantitative estimate of drug-likeness (QED) is 0.823. The van der Waals surface area contributed by atoms with E-state index in [9.17, 15) is 4.79 Å². The largest absolute Gasteiger partial charge is 0.397 e. The molecule has 0 aliphatic carbocycles. The van der Waals surface area contributed by atoms with Crippen LogP contribution in [0.1, 0.15) is 10.5 Å². The van der Waals surface area contributed by atoms with E-state index in [2.05, 4.69) is 19.9 Å². The summed E-state index contributed by atoms with van der Waals surface area (Å²) < 4.78 is 0. The fourth-order valence-corrected chi connectivity index (χ4v) is 2.27. The van der Waals surface area contributed by atoms with Gasteiger partial charge in [0.15, 0.2) is 0 Å². The third kappa shape index (κ3) is 2.42. The van der Waals surface area contributed by atoms with Crippen LogP contribution >= 0.6 is 0 Å². The molecule has 2 aromatic heterocycles. The smallest absolute Gasteiger partial charge is 0.270 e. The van der Waals surface area contributed by atoms with Gasteiger partial charge in [-0.1, -0.05) is 0 Å². The standard InChI is InChI=1S/C13H16N6O/c14-10-8-11(17-9-10)12(20)18-4-6-19(7-5-18)13-15-2-1-3-16-13/h1-3,8-9,17H,4-7,14H2. The van der Waals surface area contributed by atoms with Crippen molar-refractivity contribution in [2.75, 3.05) is 36.8 Å². The maximum atomic E-state index is 12.2. The average Bonchev–Trinajstić information content (AvgIpc) is 2.94. The number of amides is 1. The van der Waals surface area contributed by atoms with Gasteiger partial charge in [-0.3, -0.25) is 4.79 Å². The second-order valence-electron chi connectivity index (χ2n) is 4.67. The molecule has 0 unspecified atom stereocenters. The molecule has 1 saturated heterocycles. The number of nitrogens with two attached hydrogens (primary N) is 1. The maximum Gasteiger partial charge on any atom is 0.270 e. The van der Waals surface area contributed by atoms with Gasteiger partial charge in [0.25, 0.3) is 5.91 Å². The summed E-state index contributed by atoms with van der Waals surface area (Å²) in [6.07, 6.45) is 5.07. The van der Waals surface area contributed by atoms with Gasteiger partial charge in [-0.15, -0.1) is 0 Å². The Kier molecular flexibility index (Phi) is 3.24. The van der Waals surface area contributed by atoms with Gasteiger partial charge in [0.2, 0.25) is 5.95 Å². The minimum Gasteiger partial charge on any atom is -0.397 e. The lowest BCUT2D eigenvalue weighted by Crippen LogP contribution is -2.49. The summed E-state index contributed by atoms with van der Waals surface area (Å²) >= 11 is 0. The number of carbonyl (C=O) groups is 1. The lowest BCUT2D eigenvalue weighted by Gasteiger charge is -2.34. The third-order valence-electron chi connectivity index (χ3n) is 3.34. The topological polar surface area (TPSA) is 91.1 Å². The van der Waals surface area contributed by atoms with Crippen LogP contribution < -0.4 is 10.6 Å². The van der Waals surface area contributed by atoms with Gasteiger partial charge in [-0.2, -0.15) is 0 Å². The molecule has 0 radical (unpaired) electrons. The molecule has 2 aromatic rings. The van der Waals surface area contributed by atoms with Crippen molar-refractivity contribution < 1.29 is 4.79 Å². The van der Waals surface area contributed by atoms with E-state index in [4.69, 9.17) is 5.73 Å². The molecule has 7 nitrogen and oxygen atoms in total. The van der Waals surface area contributed by atoms with E-state index < -0.39 is 0 Å². The van der Waals surface area contributed by atoms with Crippen molar-refractivity contribution in [2.24, 2.45) is 0 Å². The number of nitrogens with one attached hydrogen (secondary N) is 1. The molecule has 1 fully saturated rings. The first kappa shape index (κ1) is 12.5. The van der Waals surface area contributed by atoms with Gasteiger partial charge in [0, 0.05) is 50.5 Å². The Morgan fingerprint density at radius 1 is 1.20 bits per heavy atom. The number of piperazine rings is 1. The molecule has 3 heterocycles. The van der Waals surface area contributed by atoms with Crippen molar-refractivity contribution in [1.82, 2.24) is 19.9 Å². The number of hydrogen-bond donors (Lipinski definition) is 2. The summed E-state index contributed by atoms with van der Waals surface area (Å²) in [6.45, 7) is 2.75. The fourth-order valence-electron chi connectivity index (χ4n) is 2.27. The SMILES string of the molecule is Nc1c[nH]c(C(=O)N2CCN(c3ncccn3)CC2)c1. The van der Waals surface area contributed by atoms with E-state index in [-0.39, 0.29) is 5.91 Å². The molecule has 0 spiro atoms. The first-order valence-corrected chi connectivity index (χ1v) is 6.49. The molecule has 1 amide bonds. The maximum absolute atomic E-state index is 12.2. The van der Waals surface area contributed by atoms with Crippen LogP contribution in [-0.2, 0) is 0 Å². The molecular weight excluding hydrogens is 256 g/mol. The first-order valence-electron chi connectivity index (χ1n) is 6.49. The molecule has 3 rings (SSSR count). The number of aromatic nitrogens is 3. The second-order valence-corrected chi connectivity index (χ2v) is 4.67. The zero-order chi connectivity index (χ0) is 13.9. The minimum absolute atomic E-state index is 0.0182. The van der Waals surface area contributed by atoms with Crippen LogP contribution in [0.5, 0.6) is 0 Å². The number of hydrogen-bond acceptors (Lipinski definition) is 5. The van der Waals surface area contributed by atoms with Crippen molar-refractivity contribution in [1.29, 1.82) is 0 Å². The van der Waals surface area contributed by atoms with E-state index in [1.54, 1.807) is 30.7 Å². The Morgan fingerprint density at radius 3 is 2.50 bits per heavy atom. The average molecular weight is 272 g/mol. The predicted octanol–water partition coefficient (Wildman–Crippen LogP) is 0.349. The third-order valence-corrected chi connectivity index (χ3v) is 3.34. The number of aromatic amines is 1. The normalized spacial score (nSPS) is 15.4. The molecule has 3 N–H and O–H groups in total. The Hall–Kier alpha value is -2.57. The van der Waals surface area contributed by atoms with Gasteiger partial charge in [0.05, 0.1) is 0 Å². The number of carbonyl (C=O) groups excluding carboxylic acids is 1. The Labute approximate surface area is 116 Å². The highest BCUT2D eigenvalue weighted by Crippen LogP contribution is 2.13.